The molecule has 0 aliphatic rings. The summed E-state index contributed by atoms with van der Waals surface area (Å²) in [5.74, 6) is -0.0846. The van der Waals surface area contributed by atoms with E-state index in [2.05, 4.69) is 30.7 Å². The van der Waals surface area contributed by atoms with Crippen LogP contribution >= 0.6 is 0 Å². The molecule has 1 aromatic carbocycles. The Bertz CT molecular complexity index is 696. The van der Waals surface area contributed by atoms with Gasteiger partial charge in [-0.05, 0) is 43.9 Å². The second kappa shape index (κ2) is 7.22. The summed E-state index contributed by atoms with van der Waals surface area (Å²) in [5, 5.41) is 12.4. The Labute approximate surface area is 144 Å². The van der Waals surface area contributed by atoms with Gasteiger partial charge in [-0.25, -0.2) is 0 Å². The summed E-state index contributed by atoms with van der Waals surface area (Å²) in [5.41, 5.74) is 3.58. The van der Waals surface area contributed by atoms with Crippen molar-refractivity contribution in [3.63, 3.8) is 0 Å². The molecule has 0 fully saturated rings. The minimum Gasteiger partial charge on any atom is -0.396 e. The molecule has 1 atom stereocenters. The number of carbonyl (C=O) groups excluding carboxylic acids is 1. The molecule has 24 heavy (non-hydrogen) atoms. The number of carbonyl (C=O) groups is 1. The molecule has 1 heterocycles. The largest absolute Gasteiger partial charge is 0.396 e. The summed E-state index contributed by atoms with van der Waals surface area (Å²) in [6, 6.07) is 11.9. The van der Waals surface area contributed by atoms with Gasteiger partial charge in [0, 0.05) is 29.7 Å². The van der Waals surface area contributed by atoms with Crippen molar-refractivity contribution in [2.75, 3.05) is 6.61 Å². The molecule has 2 N–H and O–H groups in total. The molecule has 0 saturated heterocycles. The van der Waals surface area contributed by atoms with E-state index in [1.54, 1.807) is 0 Å². The lowest BCUT2D eigenvalue weighted by atomic mass is 9.84. The lowest BCUT2D eigenvalue weighted by molar-refractivity contribution is 0.0884. The number of hydrogen-bond donors (Lipinski definition) is 2. The standard InChI is InChI=1S/C20H28N2O2/c1-14-13-17(15(2)22(14)16-9-7-6-8-10-16)19(24)21-18(11-12-23)20(3,4)5/h6-10,13,18,23H,11-12H2,1-5H3,(H,21,24). The first kappa shape index (κ1) is 18.3. The maximum atomic E-state index is 12.8. The summed E-state index contributed by atoms with van der Waals surface area (Å²) in [6.45, 7) is 10.2. The van der Waals surface area contributed by atoms with E-state index in [1.807, 2.05) is 50.2 Å². The minimum atomic E-state index is -0.108. The second-order valence-electron chi connectivity index (χ2n) is 7.36. The lowest BCUT2D eigenvalue weighted by Gasteiger charge is -2.31. The van der Waals surface area contributed by atoms with Gasteiger partial charge in [-0.15, -0.1) is 0 Å². The van der Waals surface area contributed by atoms with Crippen molar-refractivity contribution < 1.29 is 9.90 Å². The van der Waals surface area contributed by atoms with Crippen LogP contribution in [0.1, 0.15) is 48.9 Å². The van der Waals surface area contributed by atoms with E-state index in [9.17, 15) is 9.90 Å². The first-order valence-electron chi connectivity index (χ1n) is 8.41. The summed E-state index contributed by atoms with van der Waals surface area (Å²) in [6.07, 6.45) is 0.548. The number of benzene rings is 1. The van der Waals surface area contributed by atoms with Crippen molar-refractivity contribution in [1.29, 1.82) is 0 Å². The third-order valence-corrected chi connectivity index (χ3v) is 4.46. The Balaban J connectivity index is 2.31. The Morgan fingerprint density at radius 3 is 2.38 bits per heavy atom. The summed E-state index contributed by atoms with van der Waals surface area (Å²) in [4.78, 5) is 12.8. The molecule has 2 aromatic rings. The molecule has 0 radical (unpaired) electrons. The number of nitrogens with zero attached hydrogens (tertiary/aromatic N) is 1. The van der Waals surface area contributed by atoms with E-state index in [0.29, 0.717) is 12.0 Å². The fourth-order valence-electron chi connectivity index (χ4n) is 3.05. The van der Waals surface area contributed by atoms with Gasteiger partial charge in [0.15, 0.2) is 0 Å². The van der Waals surface area contributed by atoms with Gasteiger partial charge in [0.1, 0.15) is 0 Å². The molecule has 130 valence electrons. The molecule has 0 spiro atoms. The fourth-order valence-corrected chi connectivity index (χ4v) is 3.05. The maximum absolute atomic E-state index is 12.8. The number of aliphatic hydroxyl groups is 1. The third kappa shape index (κ3) is 3.88. The van der Waals surface area contributed by atoms with Crippen LogP contribution in [-0.2, 0) is 0 Å². The molecule has 4 heteroatoms. The highest BCUT2D eigenvalue weighted by molar-refractivity contribution is 5.96. The summed E-state index contributed by atoms with van der Waals surface area (Å²) < 4.78 is 2.09. The van der Waals surface area contributed by atoms with Crippen LogP contribution in [-0.4, -0.2) is 28.2 Å². The Kier molecular flexibility index (Phi) is 5.50. The number of para-hydroxylation sites is 1. The van der Waals surface area contributed by atoms with Crippen LogP contribution in [0, 0.1) is 19.3 Å². The molecule has 0 saturated carbocycles. The van der Waals surface area contributed by atoms with Crippen LogP contribution in [0.25, 0.3) is 5.69 Å². The number of hydrogen-bond acceptors (Lipinski definition) is 2. The summed E-state index contributed by atoms with van der Waals surface area (Å²) >= 11 is 0. The zero-order chi connectivity index (χ0) is 17.9. The predicted molar refractivity (Wildman–Crippen MR) is 97.7 cm³/mol. The smallest absolute Gasteiger partial charge is 0.253 e. The van der Waals surface area contributed by atoms with E-state index in [4.69, 9.17) is 0 Å². The highest BCUT2D eigenvalue weighted by Crippen LogP contribution is 2.24. The van der Waals surface area contributed by atoms with Crippen LogP contribution in [0.3, 0.4) is 0 Å². The van der Waals surface area contributed by atoms with E-state index in [0.717, 1.165) is 17.1 Å². The van der Waals surface area contributed by atoms with E-state index < -0.39 is 0 Å². The second-order valence-corrected chi connectivity index (χ2v) is 7.36. The SMILES string of the molecule is Cc1cc(C(=O)NC(CCO)C(C)(C)C)c(C)n1-c1ccccc1. The van der Waals surface area contributed by atoms with Crippen molar-refractivity contribution in [2.45, 2.75) is 47.1 Å². The normalized spacial score (nSPS) is 12.9. The molecule has 0 aliphatic heterocycles. The predicted octanol–water partition coefficient (Wildman–Crippen LogP) is 3.62. The van der Waals surface area contributed by atoms with Crippen molar-refractivity contribution >= 4 is 5.91 Å². The number of rotatable bonds is 5. The molecule has 2 rings (SSSR count). The number of amides is 1. The molecule has 1 aromatic heterocycles. The number of aromatic nitrogens is 1. The summed E-state index contributed by atoms with van der Waals surface area (Å²) in [7, 11) is 0. The van der Waals surface area contributed by atoms with Gasteiger partial charge in [-0.2, -0.15) is 0 Å². The van der Waals surface area contributed by atoms with Crippen LogP contribution in [0.2, 0.25) is 0 Å². The quantitative estimate of drug-likeness (QED) is 0.881. The van der Waals surface area contributed by atoms with Crippen molar-refractivity contribution in [3.05, 3.63) is 53.3 Å². The van der Waals surface area contributed by atoms with Gasteiger partial charge in [-0.3, -0.25) is 4.79 Å². The number of aliphatic hydroxyl groups excluding tert-OH is 1. The van der Waals surface area contributed by atoms with Gasteiger partial charge in [0.05, 0.1) is 5.56 Å². The van der Waals surface area contributed by atoms with Gasteiger partial charge >= 0.3 is 0 Å². The monoisotopic (exact) mass is 328 g/mol. The first-order chi connectivity index (χ1) is 11.3. The first-order valence-corrected chi connectivity index (χ1v) is 8.41. The van der Waals surface area contributed by atoms with Crippen LogP contribution < -0.4 is 5.32 Å². The van der Waals surface area contributed by atoms with E-state index >= 15 is 0 Å². The highest BCUT2D eigenvalue weighted by atomic mass is 16.3. The Hall–Kier alpha value is -2.07. The van der Waals surface area contributed by atoms with Crippen molar-refractivity contribution in [1.82, 2.24) is 9.88 Å². The van der Waals surface area contributed by atoms with Crippen LogP contribution in [0.4, 0.5) is 0 Å². The lowest BCUT2D eigenvalue weighted by Crippen LogP contribution is -2.44. The number of aryl methyl sites for hydroxylation is 1. The Morgan fingerprint density at radius 1 is 1.21 bits per heavy atom. The molecule has 4 nitrogen and oxygen atoms in total. The average molecular weight is 328 g/mol. The zero-order valence-electron chi connectivity index (χ0n) is 15.3. The van der Waals surface area contributed by atoms with Crippen molar-refractivity contribution in [2.24, 2.45) is 5.41 Å². The average Bonchev–Trinajstić information content (AvgIpc) is 2.81. The van der Waals surface area contributed by atoms with E-state index in [-0.39, 0.29) is 24.0 Å². The molecule has 0 aliphatic carbocycles. The van der Waals surface area contributed by atoms with E-state index in [1.165, 1.54) is 0 Å². The molecular weight excluding hydrogens is 300 g/mol. The zero-order valence-corrected chi connectivity index (χ0v) is 15.3. The van der Waals surface area contributed by atoms with Gasteiger partial charge in [0.25, 0.3) is 5.91 Å². The minimum absolute atomic E-state index is 0.0608. The third-order valence-electron chi connectivity index (χ3n) is 4.46. The number of nitrogens with one attached hydrogen (secondary N) is 1. The van der Waals surface area contributed by atoms with Gasteiger partial charge in [0.2, 0.25) is 0 Å². The Morgan fingerprint density at radius 2 is 1.83 bits per heavy atom. The van der Waals surface area contributed by atoms with Gasteiger partial charge < -0.3 is 15.0 Å². The molecule has 0 bridgehead atoms. The fraction of sp³-hybridized carbons (Fsp3) is 0.450. The van der Waals surface area contributed by atoms with Crippen molar-refractivity contribution in [3.8, 4) is 5.69 Å². The highest BCUT2D eigenvalue weighted by Gasteiger charge is 2.27. The topological polar surface area (TPSA) is 54.3 Å². The molecular formula is C20H28N2O2. The van der Waals surface area contributed by atoms with Gasteiger partial charge in [-0.1, -0.05) is 39.0 Å². The molecule has 1 unspecified atom stereocenters. The molecule has 1 amide bonds. The van der Waals surface area contributed by atoms with Crippen LogP contribution in [0.15, 0.2) is 36.4 Å². The van der Waals surface area contributed by atoms with Crippen LogP contribution in [0.5, 0.6) is 0 Å². The maximum Gasteiger partial charge on any atom is 0.253 e.